The number of anilines is 1. The van der Waals surface area contributed by atoms with Crippen LogP contribution in [0.2, 0.25) is 0 Å². The highest BCUT2D eigenvalue weighted by Crippen LogP contribution is 2.20. The summed E-state index contributed by atoms with van der Waals surface area (Å²) in [7, 11) is 1.70. The third-order valence-electron chi connectivity index (χ3n) is 3.65. The van der Waals surface area contributed by atoms with Crippen LogP contribution in [0.4, 0.5) is 5.69 Å². The summed E-state index contributed by atoms with van der Waals surface area (Å²) < 4.78 is 5.23. The Hall–Kier alpha value is -1.98. The Balaban J connectivity index is 2.15. The summed E-state index contributed by atoms with van der Waals surface area (Å²) in [5.41, 5.74) is 3.17. The van der Waals surface area contributed by atoms with Gasteiger partial charge in [-0.2, -0.15) is 0 Å². The molecule has 0 saturated carbocycles. The van der Waals surface area contributed by atoms with Gasteiger partial charge >= 0.3 is 0 Å². The lowest BCUT2D eigenvalue weighted by molar-refractivity contribution is 0.164. The molecule has 23 heavy (non-hydrogen) atoms. The third-order valence-corrected chi connectivity index (χ3v) is 3.99. The topological polar surface area (TPSA) is 37.4 Å². The van der Waals surface area contributed by atoms with Crippen molar-refractivity contribution in [2.45, 2.75) is 19.9 Å². The zero-order chi connectivity index (χ0) is 16.7. The van der Waals surface area contributed by atoms with E-state index in [0.29, 0.717) is 18.3 Å². The van der Waals surface area contributed by atoms with Gasteiger partial charge in [0, 0.05) is 25.5 Å². The molecule has 122 valence electrons. The molecule has 0 saturated heterocycles. The van der Waals surface area contributed by atoms with E-state index < -0.39 is 0 Å². The predicted octanol–water partition coefficient (Wildman–Crippen LogP) is 3.80. The molecule has 1 aromatic carbocycles. The van der Waals surface area contributed by atoms with Crippen LogP contribution >= 0.6 is 12.2 Å². The van der Waals surface area contributed by atoms with Gasteiger partial charge in [0.1, 0.15) is 0 Å². The van der Waals surface area contributed by atoms with E-state index >= 15 is 0 Å². The van der Waals surface area contributed by atoms with Crippen molar-refractivity contribution in [2.24, 2.45) is 0 Å². The van der Waals surface area contributed by atoms with Crippen molar-refractivity contribution in [2.75, 3.05) is 25.6 Å². The molecule has 0 aliphatic rings. The molecular weight excluding hydrogens is 306 g/mol. The Kier molecular flexibility index (Phi) is 6.50. The minimum absolute atomic E-state index is 0.0659. The predicted molar refractivity (Wildman–Crippen MR) is 98.6 cm³/mol. The first-order chi connectivity index (χ1) is 11.1. The Labute approximate surface area is 143 Å². The van der Waals surface area contributed by atoms with Crippen molar-refractivity contribution < 1.29 is 4.74 Å². The van der Waals surface area contributed by atoms with Gasteiger partial charge in [-0.15, -0.1) is 0 Å². The Bertz CT molecular complexity index is 633. The van der Waals surface area contributed by atoms with Crippen molar-refractivity contribution in [3.05, 3.63) is 59.9 Å². The largest absolute Gasteiger partial charge is 0.383 e. The van der Waals surface area contributed by atoms with Crippen molar-refractivity contribution in [3.63, 3.8) is 0 Å². The van der Waals surface area contributed by atoms with Gasteiger partial charge in [0.05, 0.1) is 18.3 Å². The number of methoxy groups -OCH3 is 1. The zero-order valence-electron chi connectivity index (χ0n) is 13.8. The summed E-state index contributed by atoms with van der Waals surface area (Å²) in [6.45, 7) is 5.47. The third kappa shape index (κ3) is 5.01. The van der Waals surface area contributed by atoms with E-state index in [0.717, 1.165) is 11.4 Å². The average molecular weight is 329 g/mol. The fourth-order valence-corrected chi connectivity index (χ4v) is 2.73. The number of nitrogens with one attached hydrogen (secondary N) is 1. The van der Waals surface area contributed by atoms with Gasteiger partial charge < -0.3 is 15.0 Å². The number of hydrogen-bond donors (Lipinski definition) is 1. The van der Waals surface area contributed by atoms with Crippen LogP contribution in [0.25, 0.3) is 0 Å². The zero-order valence-corrected chi connectivity index (χ0v) is 14.6. The highest BCUT2D eigenvalue weighted by Gasteiger charge is 2.19. The van der Waals surface area contributed by atoms with E-state index in [1.807, 2.05) is 30.3 Å². The molecule has 0 bridgehead atoms. The summed E-state index contributed by atoms with van der Waals surface area (Å²) in [5.74, 6) is 0. The van der Waals surface area contributed by atoms with Gasteiger partial charge in [0.15, 0.2) is 5.11 Å². The van der Waals surface area contributed by atoms with E-state index in [9.17, 15) is 0 Å². The van der Waals surface area contributed by atoms with Crippen molar-refractivity contribution in [3.8, 4) is 0 Å². The van der Waals surface area contributed by atoms with E-state index in [4.69, 9.17) is 17.0 Å². The van der Waals surface area contributed by atoms with E-state index in [-0.39, 0.29) is 6.04 Å². The molecule has 4 nitrogen and oxygen atoms in total. The summed E-state index contributed by atoms with van der Waals surface area (Å²) in [6, 6.07) is 14.2. The number of rotatable bonds is 6. The molecule has 0 radical (unpaired) electrons. The molecule has 5 heteroatoms. The first-order valence-corrected chi connectivity index (χ1v) is 8.07. The molecule has 2 rings (SSSR count). The Morgan fingerprint density at radius 2 is 2.13 bits per heavy atom. The van der Waals surface area contributed by atoms with Crippen LogP contribution in [0.3, 0.4) is 0 Å². The highest BCUT2D eigenvalue weighted by atomic mass is 32.1. The van der Waals surface area contributed by atoms with Crippen molar-refractivity contribution >= 4 is 23.0 Å². The molecule has 1 heterocycles. The molecule has 0 unspecified atom stereocenters. The smallest absolute Gasteiger partial charge is 0.174 e. The Morgan fingerprint density at radius 3 is 2.78 bits per heavy atom. The van der Waals surface area contributed by atoms with Crippen LogP contribution in [0, 0.1) is 6.92 Å². The normalized spacial score (nSPS) is 11.8. The quantitative estimate of drug-likeness (QED) is 0.816. The van der Waals surface area contributed by atoms with Crippen molar-refractivity contribution in [1.82, 2.24) is 9.88 Å². The van der Waals surface area contributed by atoms with Gasteiger partial charge in [0.2, 0.25) is 0 Å². The van der Waals surface area contributed by atoms with Crippen molar-refractivity contribution in [1.29, 1.82) is 0 Å². The van der Waals surface area contributed by atoms with Crippen LogP contribution in [-0.4, -0.2) is 35.3 Å². The standard InChI is InChI=1S/C18H23N3OS/c1-14-7-6-8-16(13-14)20-18(23)21(11-12-22-3)15(2)17-9-4-5-10-19-17/h4-10,13,15H,11-12H2,1-3H3,(H,20,23)/t15-/m1/s1. The van der Waals surface area contributed by atoms with Gasteiger partial charge in [-0.25, -0.2) is 0 Å². The molecule has 0 aliphatic heterocycles. The molecule has 0 spiro atoms. The van der Waals surface area contributed by atoms with E-state index in [1.165, 1.54) is 5.56 Å². The minimum atomic E-state index is 0.0659. The number of ether oxygens (including phenoxy) is 1. The van der Waals surface area contributed by atoms with Gasteiger partial charge in [-0.3, -0.25) is 4.98 Å². The maximum absolute atomic E-state index is 5.62. The van der Waals surface area contributed by atoms with Gasteiger partial charge in [-0.05, 0) is 55.9 Å². The summed E-state index contributed by atoms with van der Waals surface area (Å²) in [5, 5.41) is 3.99. The molecule has 2 aromatic rings. The lowest BCUT2D eigenvalue weighted by atomic mass is 10.2. The first kappa shape index (κ1) is 17.4. The van der Waals surface area contributed by atoms with Crippen LogP contribution in [0.15, 0.2) is 48.7 Å². The number of benzene rings is 1. The molecule has 0 amide bonds. The maximum Gasteiger partial charge on any atom is 0.174 e. The monoisotopic (exact) mass is 329 g/mol. The fourth-order valence-electron chi connectivity index (χ4n) is 2.36. The lowest BCUT2D eigenvalue weighted by Crippen LogP contribution is -2.39. The number of aromatic nitrogens is 1. The van der Waals surface area contributed by atoms with Crippen LogP contribution in [-0.2, 0) is 4.74 Å². The van der Waals surface area contributed by atoms with E-state index in [1.54, 1.807) is 13.3 Å². The fraction of sp³-hybridized carbons (Fsp3) is 0.333. The SMILES string of the molecule is COCCN(C(=S)Nc1cccc(C)c1)[C@H](C)c1ccccn1. The molecule has 0 aliphatic carbocycles. The summed E-state index contributed by atoms with van der Waals surface area (Å²) in [4.78, 5) is 6.54. The Morgan fingerprint density at radius 1 is 1.30 bits per heavy atom. The molecule has 1 atom stereocenters. The van der Waals surface area contributed by atoms with Crippen LogP contribution < -0.4 is 5.32 Å². The second kappa shape index (κ2) is 8.60. The number of aryl methyl sites for hydroxylation is 1. The summed E-state index contributed by atoms with van der Waals surface area (Å²) >= 11 is 5.62. The average Bonchev–Trinajstić information content (AvgIpc) is 2.56. The first-order valence-electron chi connectivity index (χ1n) is 7.66. The van der Waals surface area contributed by atoms with Gasteiger partial charge in [-0.1, -0.05) is 18.2 Å². The van der Waals surface area contributed by atoms with E-state index in [2.05, 4.69) is 41.2 Å². The maximum atomic E-state index is 5.62. The lowest BCUT2D eigenvalue weighted by Gasteiger charge is -2.31. The van der Waals surface area contributed by atoms with Crippen LogP contribution in [0.1, 0.15) is 24.2 Å². The second-order valence-corrected chi connectivity index (χ2v) is 5.80. The number of hydrogen-bond acceptors (Lipinski definition) is 3. The number of thiocarbonyl (C=S) groups is 1. The highest BCUT2D eigenvalue weighted by molar-refractivity contribution is 7.80. The molecular formula is C18H23N3OS. The second-order valence-electron chi connectivity index (χ2n) is 5.42. The van der Waals surface area contributed by atoms with Crippen LogP contribution in [0.5, 0.6) is 0 Å². The molecule has 1 aromatic heterocycles. The summed E-state index contributed by atoms with van der Waals surface area (Å²) in [6.07, 6.45) is 1.80. The minimum Gasteiger partial charge on any atom is -0.383 e. The molecule has 1 N–H and O–H groups in total. The molecule has 0 fully saturated rings. The number of nitrogens with zero attached hydrogens (tertiary/aromatic N) is 2. The van der Waals surface area contributed by atoms with Gasteiger partial charge in [0.25, 0.3) is 0 Å². The number of pyridine rings is 1.